The van der Waals surface area contributed by atoms with Gasteiger partial charge in [0.2, 0.25) is 5.89 Å². The zero-order valence-electron chi connectivity index (χ0n) is 9.49. The van der Waals surface area contributed by atoms with Crippen molar-refractivity contribution in [3.63, 3.8) is 0 Å². The van der Waals surface area contributed by atoms with Gasteiger partial charge in [0.1, 0.15) is 0 Å². The molecule has 1 saturated carbocycles. The zero-order valence-corrected chi connectivity index (χ0v) is 9.49. The molecule has 0 bridgehead atoms. The Morgan fingerprint density at radius 2 is 2.19 bits per heavy atom. The van der Waals surface area contributed by atoms with Gasteiger partial charge in [0, 0.05) is 6.92 Å². The third kappa shape index (κ3) is 2.07. The maximum atomic E-state index is 8.69. The predicted octanol–water partition coefficient (Wildman–Crippen LogP) is 1.65. The van der Waals surface area contributed by atoms with Crippen molar-refractivity contribution >= 4 is 0 Å². The standard InChI is InChI=1S/C11H16N4O/c1-9-14-10(15-16-9)11(13-8-7-12)5-3-2-4-6-11/h13H,2-6,8H2,1H3. The molecule has 0 amide bonds. The van der Waals surface area contributed by atoms with E-state index in [4.69, 9.17) is 9.78 Å². The lowest BCUT2D eigenvalue weighted by atomic mass is 9.81. The lowest BCUT2D eigenvalue weighted by molar-refractivity contribution is 0.221. The smallest absolute Gasteiger partial charge is 0.223 e. The van der Waals surface area contributed by atoms with Gasteiger partial charge in [-0.1, -0.05) is 24.4 Å². The highest BCUT2D eigenvalue weighted by molar-refractivity contribution is 5.07. The van der Waals surface area contributed by atoms with Crippen LogP contribution < -0.4 is 5.32 Å². The summed E-state index contributed by atoms with van der Waals surface area (Å²) in [5, 5.41) is 16.0. The van der Waals surface area contributed by atoms with Crippen molar-refractivity contribution in [3.8, 4) is 6.07 Å². The van der Waals surface area contributed by atoms with E-state index >= 15 is 0 Å². The molecule has 5 heteroatoms. The van der Waals surface area contributed by atoms with E-state index in [9.17, 15) is 0 Å². The number of aryl methyl sites for hydroxylation is 1. The molecule has 0 atom stereocenters. The summed E-state index contributed by atoms with van der Waals surface area (Å²) in [6.45, 7) is 2.12. The highest BCUT2D eigenvalue weighted by Crippen LogP contribution is 2.35. The second kappa shape index (κ2) is 4.62. The van der Waals surface area contributed by atoms with E-state index in [1.807, 2.05) is 0 Å². The zero-order chi connectivity index (χ0) is 11.4. The molecule has 1 aromatic rings. The molecule has 5 nitrogen and oxygen atoms in total. The fraction of sp³-hybridized carbons (Fsp3) is 0.727. The third-order valence-electron chi connectivity index (χ3n) is 3.17. The molecule has 0 unspecified atom stereocenters. The van der Waals surface area contributed by atoms with Crippen LogP contribution in [0, 0.1) is 18.3 Å². The molecule has 16 heavy (non-hydrogen) atoms. The van der Waals surface area contributed by atoms with E-state index in [1.165, 1.54) is 6.42 Å². The number of nitrogens with zero attached hydrogens (tertiary/aromatic N) is 3. The first kappa shape index (κ1) is 11.1. The second-order valence-electron chi connectivity index (χ2n) is 4.29. The predicted molar refractivity (Wildman–Crippen MR) is 57.4 cm³/mol. The molecular weight excluding hydrogens is 204 g/mol. The Morgan fingerprint density at radius 3 is 2.75 bits per heavy atom. The van der Waals surface area contributed by atoms with Gasteiger partial charge in [-0.3, -0.25) is 5.32 Å². The lowest BCUT2D eigenvalue weighted by Crippen LogP contribution is -2.45. The molecule has 0 radical (unpaired) electrons. The van der Waals surface area contributed by atoms with Crippen LogP contribution in [0.4, 0.5) is 0 Å². The number of aromatic nitrogens is 2. The molecule has 1 aromatic heterocycles. The maximum absolute atomic E-state index is 8.69. The fourth-order valence-electron chi connectivity index (χ4n) is 2.34. The van der Waals surface area contributed by atoms with Crippen LogP contribution in [0.5, 0.6) is 0 Å². The Kier molecular flexibility index (Phi) is 3.20. The molecule has 1 heterocycles. The minimum atomic E-state index is -0.244. The van der Waals surface area contributed by atoms with Gasteiger partial charge in [-0.2, -0.15) is 10.2 Å². The van der Waals surface area contributed by atoms with Crippen LogP contribution in [0.3, 0.4) is 0 Å². The van der Waals surface area contributed by atoms with Gasteiger partial charge in [-0.15, -0.1) is 0 Å². The minimum absolute atomic E-state index is 0.244. The monoisotopic (exact) mass is 220 g/mol. The quantitative estimate of drug-likeness (QED) is 0.784. The van der Waals surface area contributed by atoms with Gasteiger partial charge >= 0.3 is 0 Å². The molecule has 0 aliphatic heterocycles. The van der Waals surface area contributed by atoms with E-state index in [1.54, 1.807) is 6.92 Å². The van der Waals surface area contributed by atoms with E-state index in [0.29, 0.717) is 18.3 Å². The Bertz CT molecular complexity index is 387. The first-order chi connectivity index (χ1) is 7.77. The summed E-state index contributed by atoms with van der Waals surface area (Å²) in [4.78, 5) is 4.31. The van der Waals surface area contributed by atoms with E-state index in [2.05, 4.69) is 21.5 Å². The number of hydrogen-bond donors (Lipinski definition) is 1. The molecular formula is C11H16N4O. The van der Waals surface area contributed by atoms with Crippen LogP contribution in [-0.2, 0) is 5.54 Å². The lowest BCUT2D eigenvalue weighted by Gasteiger charge is -2.34. The Hall–Kier alpha value is -1.41. The molecule has 0 spiro atoms. The van der Waals surface area contributed by atoms with Gasteiger partial charge in [0.25, 0.3) is 0 Å². The Balaban J connectivity index is 2.22. The van der Waals surface area contributed by atoms with Crippen LogP contribution in [0.2, 0.25) is 0 Å². The van der Waals surface area contributed by atoms with Crippen molar-refractivity contribution in [1.29, 1.82) is 5.26 Å². The normalized spacial score (nSPS) is 19.2. The molecule has 1 aliphatic carbocycles. The molecule has 1 fully saturated rings. The number of rotatable bonds is 3. The number of hydrogen-bond acceptors (Lipinski definition) is 5. The van der Waals surface area contributed by atoms with Crippen molar-refractivity contribution in [2.24, 2.45) is 0 Å². The van der Waals surface area contributed by atoms with Gasteiger partial charge in [0.05, 0.1) is 18.2 Å². The number of nitrogens with one attached hydrogen (secondary N) is 1. The molecule has 0 aromatic carbocycles. The highest BCUT2D eigenvalue weighted by Gasteiger charge is 2.37. The number of nitriles is 1. The van der Waals surface area contributed by atoms with Gasteiger partial charge in [-0.05, 0) is 12.8 Å². The van der Waals surface area contributed by atoms with Crippen LogP contribution >= 0.6 is 0 Å². The van der Waals surface area contributed by atoms with E-state index < -0.39 is 0 Å². The molecule has 2 rings (SSSR count). The summed E-state index contributed by atoms with van der Waals surface area (Å²) in [6.07, 6.45) is 5.49. The highest BCUT2D eigenvalue weighted by atomic mass is 16.5. The minimum Gasteiger partial charge on any atom is -0.340 e. The van der Waals surface area contributed by atoms with E-state index in [0.717, 1.165) is 25.7 Å². The average Bonchev–Trinajstić information content (AvgIpc) is 2.75. The first-order valence-corrected chi connectivity index (χ1v) is 5.70. The topological polar surface area (TPSA) is 74.7 Å². The SMILES string of the molecule is Cc1nc(C2(NCC#N)CCCCC2)no1. The van der Waals surface area contributed by atoms with Gasteiger partial charge < -0.3 is 4.52 Å². The van der Waals surface area contributed by atoms with Crippen LogP contribution in [-0.4, -0.2) is 16.7 Å². The Labute approximate surface area is 94.8 Å². The van der Waals surface area contributed by atoms with Crippen molar-refractivity contribution in [2.45, 2.75) is 44.6 Å². The fourth-order valence-corrected chi connectivity index (χ4v) is 2.34. The average molecular weight is 220 g/mol. The molecule has 0 saturated heterocycles. The van der Waals surface area contributed by atoms with Gasteiger partial charge in [-0.25, -0.2) is 0 Å². The van der Waals surface area contributed by atoms with Crippen molar-refractivity contribution in [2.75, 3.05) is 6.54 Å². The van der Waals surface area contributed by atoms with E-state index in [-0.39, 0.29) is 5.54 Å². The van der Waals surface area contributed by atoms with Gasteiger partial charge in [0.15, 0.2) is 5.82 Å². The maximum Gasteiger partial charge on any atom is 0.223 e. The first-order valence-electron chi connectivity index (χ1n) is 5.70. The largest absolute Gasteiger partial charge is 0.340 e. The summed E-state index contributed by atoms with van der Waals surface area (Å²) >= 11 is 0. The molecule has 86 valence electrons. The van der Waals surface area contributed by atoms with Crippen molar-refractivity contribution in [3.05, 3.63) is 11.7 Å². The third-order valence-corrected chi connectivity index (χ3v) is 3.17. The summed E-state index contributed by atoms with van der Waals surface area (Å²) in [5.41, 5.74) is -0.244. The van der Waals surface area contributed by atoms with Crippen molar-refractivity contribution in [1.82, 2.24) is 15.5 Å². The summed E-state index contributed by atoms with van der Waals surface area (Å²) in [6, 6.07) is 2.12. The summed E-state index contributed by atoms with van der Waals surface area (Å²) in [7, 11) is 0. The van der Waals surface area contributed by atoms with Crippen LogP contribution in [0.25, 0.3) is 0 Å². The van der Waals surface area contributed by atoms with Crippen molar-refractivity contribution < 1.29 is 4.52 Å². The summed E-state index contributed by atoms with van der Waals surface area (Å²) < 4.78 is 5.04. The van der Waals surface area contributed by atoms with Crippen LogP contribution in [0.1, 0.15) is 43.8 Å². The molecule has 1 N–H and O–H groups in total. The summed E-state index contributed by atoms with van der Waals surface area (Å²) in [5.74, 6) is 1.29. The second-order valence-corrected chi connectivity index (χ2v) is 4.29. The Morgan fingerprint density at radius 1 is 1.44 bits per heavy atom. The van der Waals surface area contributed by atoms with Crippen LogP contribution in [0.15, 0.2) is 4.52 Å². The molecule has 1 aliphatic rings.